The highest BCUT2D eigenvalue weighted by Gasteiger charge is 2.30. The molecule has 3 N–H and O–H groups in total. The smallest absolute Gasteiger partial charge is 0.408 e. The zero-order valence-electron chi connectivity index (χ0n) is 16.7. The number of carbonyl (C=O) groups is 1. The number of alkyl halides is 3. The quantitative estimate of drug-likeness (QED) is 0.644. The fourth-order valence-electron chi connectivity index (χ4n) is 3.66. The van der Waals surface area contributed by atoms with E-state index in [0.717, 1.165) is 55.9 Å². The second-order valence-corrected chi connectivity index (χ2v) is 7.41. The van der Waals surface area contributed by atoms with Gasteiger partial charge in [0.25, 0.3) is 0 Å². The molecule has 0 unspecified atom stereocenters. The third-order valence-electron chi connectivity index (χ3n) is 5.34. The second kappa shape index (κ2) is 8.46. The Labute approximate surface area is 176 Å². The zero-order valence-corrected chi connectivity index (χ0v) is 16.7. The molecule has 4 rings (SSSR count). The molecule has 2 heterocycles. The van der Waals surface area contributed by atoms with Crippen LogP contribution in [0.5, 0.6) is 5.75 Å². The SMILES string of the molecule is NC(=O)Oc1cccc2[nH]c(N3CCN(CCc4ccc(C(F)(F)F)cc4)CC3)nc12. The van der Waals surface area contributed by atoms with Gasteiger partial charge in [-0.1, -0.05) is 18.2 Å². The van der Waals surface area contributed by atoms with Gasteiger partial charge in [0.1, 0.15) is 5.52 Å². The van der Waals surface area contributed by atoms with Gasteiger partial charge in [-0.3, -0.25) is 4.90 Å². The molecule has 3 aromatic rings. The van der Waals surface area contributed by atoms with Gasteiger partial charge in [0.2, 0.25) is 5.95 Å². The molecule has 1 amide bonds. The van der Waals surface area contributed by atoms with Crippen LogP contribution in [0.15, 0.2) is 42.5 Å². The predicted octanol–water partition coefficient (Wildman–Crippen LogP) is 3.40. The average Bonchev–Trinajstić information content (AvgIpc) is 3.17. The van der Waals surface area contributed by atoms with E-state index in [1.54, 1.807) is 24.3 Å². The van der Waals surface area contributed by atoms with Gasteiger partial charge >= 0.3 is 12.3 Å². The number of aromatic amines is 1. The van der Waals surface area contributed by atoms with Crippen molar-refractivity contribution in [1.29, 1.82) is 0 Å². The molecule has 0 saturated carbocycles. The third kappa shape index (κ3) is 4.91. The number of benzene rings is 2. The third-order valence-corrected chi connectivity index (χ3v) is 5.34. The van der Waals surface area contributed by atoms with Crippen molar-refractivity contribution in [3.63, 3.8) is 0 Å². The number of para-hydroxylation sites is 1. The summed E-state index contributed by atoms with van der Waals surface area (Å²) in [5.74, 6) is 1.00. The number of halogens is 3. The van der Waals surface area contributed by atoms with Gasteiger partial charge in [-0.15, -0.1) is 0 Å². The van der Waals surface area contributed by atoms with Crippen LogP contribution in [0.4, 0.5) is 23.9 Å². The van der Waals surface area contributed by atoms with Crippen molar-refractivity contribution in [3.8, 4) is 5.75 Å². The molecule has 164 valence electrons. The standard InChI is InChI=1S/C21H22F3N5O2/c22-21(23,24)15-6-4-14(5-7-15)8-9-28-10-12-29(13-11-28)20-26-16-2-1-3-17(18(16)27-20)31-19(25)30/h1-7H,8-13H2,(H2,25,30)(H,26,27). The van der Waals surface area contributed by atoms with Gasteiger partial charge in [0.15, 0.2) is 5.75 Å². The summed E-state index contributed by atoms with van der Waals surface area (Å²) in [5, 5.41) is 0. The monoisotopic (exact) mass is 433 g/mol. The van der Waals surface area contributed by atoms with E-state index in [9.17, 15) is 18.0 Å². The molecule has 1 fully saturated rings. The van der Waals surface area contributed by atoms with Crippen molar-refractivity contribution in [2.24, 2.45) is 5.73 Å². The molecule has 0 radical (unpaired) electrons. The zero-order chi connectivity index (χ0) is 22.0. The molecule has 31 heavy (non-hydrogen) atoms. The lowest BCUT2D eigenvalue weighted by Gasteiger charge is -2.34. The molecule has 1 aliphatic rings. The van der Waals surface area contributed by atoms with Crippen LogP contribution in [-0.2, 0) is 12.6 Å². The van der Waals surface area contributed by atoms with Gasteiger partial charge in [0.05, 0.1) is 11.1 Å². The summed E-state index contributed by atoms with van der Waals surface area (Å²) in [6.07, 6.45) is -4.51. The lowest BCUT2D eigenvalue weighted by atomic mass is 10.1. The molecule has 0 bridgehead atoms. The highest BCUT2D eigenvalue weighted by atomic mass is 19.4. The fourth-order valence-corrected chi connectivity index (χ4v) is 3.66. The molecule has 2 aromatic carbocycles. The van der Waals surface area contributed by atoms with Crippen molar-refractivity contribution in [1.82, 2.24) is 14.9 Å². The van der Waals surface area contributed by atoms with Crippen molar-refractivity contribution >= 4 is 23.1 Å². The van der Waals surface area contributed by atoms with Gasteiger partial charge in [-0.2, -0.15) is 13.2 Å². The molecule has 1 saturated heterocycles. The van der Waals surface area contributed by atoms with Crippen LogP contribution in [-0.4, -0.2) is 53.7 Å². The van der Waals surface area contributed by atoms with Gasteiger partial charge in [0, 0.05) is 32.7 Å². The van der Waals surface area contributed by atoms with Crippen LogP contribution >= 0.6 is 0 Å². The van der Waals surface area contributed by atoms with Crippen molar-refractivity contribution in [2.45, 2.75) is 12.6 Å². The van der Waals surface area contributed by atoms with E-state index in [1.165, 1.54) is 0 Å². The Morgan fingerprint density at radius 3 is 2.45 bits per heavy atom. The summed E-state index contributed by atoms with van der Waals surface area (Å²) in [6.45, 7) is 3.89. The molecule has 0 aliphatic carbocycles. The van der Waals surface area contributed by atoms with Crippen LogP contribution in [0.1, 0.15) is 11.1 Å². The minimum absolute atomic E-state index is 0.308. The summed E-state index contributed by atoms with van der Waals surface area (Å²) in [5.41, 5.74) is 6.66. The number of piperazine rings is 1. The van der Waals surface area contributed by atoms with E-state index in [4.69, 9.17) is 10.5 Å². The van der Waals surface area contributed by atoms with E-state index < -0.39 is 17.8 Å². The second-order valence-electron chi connectivity index (χ2n) is 7.41. The number of nitrogens with two attached hydrogens (primary N) is 1. The van der Waals surface area contributed by atoms with Crippen molar-refractivity contribution in [3.05, 3.63) is 53.6 Å². The number of hydrogen-bond donors (Lipinski definition) is 2. The van der Waals surface area contributed by atoms with E-state index in [-0.39, 0.29) is 0 Å². The van der Waals surface area contributed by atoms with E-state index >= 15 is 0 Å². The molecule has 10 heteroatoms. The molecule has 0 spiro atoms. The average molecular weight is 433 g/mol. The first-order valence-corrected chi connectivity index (χ1v) is 9.89. The number of H-pyrrole nitrogens is 1. The number of nitrogens with zero attached hydrogens (tertiary/aromatic N) is 3. The normalized spacial score (nSPS) is 15.4. The molecular weight excluding hydrogens is 411 g/mol. The first kappa shape index (κ1) is 21.0. The minimum atomic E-state index is -4.31. The number of hydrogen-bond acceptors (Lipinski definition) is 5. The van der Waals surface area contributed by atoms with Crippen molar-refractivity contribution in [2.75, 3.05) is 37.6 Å². The number of primary amides is 1. The van der Waals surface area contributed by atoms with E-state index in [2.05, 4.69) is 19.8 Å². The number of amides is 1. The fraction of sp³-hybridized carbons (Fsp3) is 0.333. The number of carbonyl (C=O) groups excluding carboxylic acids is 1. The van der Waals surface area contributed by atoms with Gasteiger partial charge < -0.3 is 20.4 Å². The highest BCUT2D eigenvalue weighted by Crippen LogP contribution is 2.29. The van der Waals surface area contributed by atoms with Gasteiger partial charge in [-0.25, -0.2) is 9.78 Å². The van der Waals surface area contributed by atoms with Gasteiger partial charge in [-0.05, 0) is 36.2 Å². The number of fused-ring (bicyclic) bond motifs is 1. The molecule has 1 aromatic heterocycles. The first-order valence-electron chi connectivity index (χ1n) is 9.89. The first-order chi connectivity index (χ1) is 14.8. The largest absolute Gasteiger partial charge is 0.416 e. The van der Waals surface area contributed by atoms with Crippen LogP contribution in [0, 0.1) is 0 Å². The summed E-state index contributed by atoms with van der Waals surface area (Å²) in [4.78, 5) is 23.3. The number of ether oxygens (including phenoxy) is 1. The Morgan fingerprint density at radius 1 is 1.10 bits per heavy atom. The topological polar surface area (TPSA) is 87.5 Å². The summed E-state index contributed by atoms with van der Waals surface area (Å²) >= 11 is 0. The Kier molecular flexibility index (Phi) is 5.73. The van der Waals surface area contributed by atoms with Crippen LogP contribution in [0.3, 0.4) is 0 Å². The maximum absolute atomic E-state index is 12.7. The summed E-state index contributed by atoms with van der Waals surface area (Å²) in [7, 11) is 0. The number of imidazole rings is 1. The molecular formula is C21H22F3N5O2. The Bertz CT molecular complexity index is 1060. The molecule has 0 atom stereocenters. The lowest BCUT2D eigenvalue weighted by Crippen LogP contribution is -2.47. The number of nitrogens with one attached hydrogen (secondary N) is 1. The molecule has 7 nitrogen and oxygen atoms in total. The highest BCUT2D eigenvalue weighted by molar-refractivity contribution is 5.86. The maximum Gasteiger partial charge on any atom is 0.416 e. The van der Waals surface area contributed by atoms with E-state index in [0.29, 0.717) is 23.6 Å². The van der Waals surface area contributed by atoms with E-state index in [1.807, 2.05) is 6.07 Å². The summed E-state index contributed by atoms with van der Waals surface area (Å²) in [6, 6.07) is 10.6. The summed E-state index contributed by atoms with van der Waals surface area (Å²) < 4.78 is 43.0. The Morgan fingerprint density at radius 2 is 1.81 bits per heavy atom. The Balaban J connectivity index is 1.33. The van der Waals surface area contributed by atoms with Crippen LogP contribution < -0.4 is 15.4 Å². The van der Waals surface area contributed by atoms with Crippen molar-refractivity contribution < 1.29 is 22.7 Å². The number of rotatable bonds is 5. The maximum atomic E-state index is 12.7. The molecule has 1 aliphatic heterocycles. The Hall–Kier alpha value is -3.27. The minimum Gasteiger partial charge on any atom is -0.408 e. The van der Waals surface area contributed by atoms with Crippen LogP contribution in [0.25, 0.3) is 11.0 Å². The predicted molar refractivity (Wildman–Crippen MR) is 110 cm³/mol. The number of aromatic nitrogens is 2. The lowest BCUT2D eigenvalue weighted by molar-refractivity contribution is -0.137. The van der Waals surface area contributed by atoms with Crippen LogP contribution in [0.2, 0.25) is 0 Å². The number of anilines is 1.